The fourth-order valence-corrected chi connectivity index (χ4v) is 3.12. The van der Waals surface area contributed by atoms with Crippen molar-refractivity contribution in [2.75, 3.05) is 13.1 Å². The Labute approximate surface area is 122 Å². The van der Waals surface area contributed by atoms with Crippen molar-refractivity contribution in [3.8, 4) is 0 Å². The number of amidine groups is 1. The van der Waals surface area contributed by atoms with Gasteiger partial charge in [-0.15, -0.1) is 4.40 Å². The predicted molar refractivity (Wildman–Crippen MR) is 83.6 cm³/mol. The molecule has 112 valence electrons. The standard InChI is InChI=1S/C15H24N2O2S/c1-6-17(7-2)15(12(3)4)16-20(18,19)14-10-8-13(5)9-11-14/h8-12H,6-7H2,1-5H3/b16-15-. The van der Waals surface area contributed by atoms with Crippen LogP contribution in [0.4, 0.5) is 0 Å². The molecule has 0 spiro atoms. The van der Waals surface area contributed by atoms with E-state index in [1.165, 1.54) is 0 Å². The van der Waals surface area contributed by atoms with Gasteiger partial charge in [0.15, 0.2) is 0 Å². The van der Waals surface area contributed by atoms with Crippen LogP contribution < -0.4 is 0 Å². The molecule has 0 radical (unpaired) electrons. The lowest BCUT2D eigenvalue weighted by Gasteiger charge is -2.25. The van der Waals surface area contributed by atoms with Gasteiger partial charge in [0.25, 0.3) is 10.0 Å². The topological polar surface area (TPSA) is 49.7 Å². The van der Waals surface area contributed by atoms with Crippen molar-refractivity contribution in [1.82, 2.24) is 4.90 Å². The van der Waals surface area contributed by atoms with Gasteiger partial charge < -0.3 is 4.90 Å². The third kappa shape index (κ3) is 4.07. The number of hydrogen-bond donors (Lipinski definition) is 0. The van der Waals surface area contributed by atoms with E-state index in [9.17, 15) is 8.42 Å². The van der Waals surface area contributed by atoms with Gasteiger partial charge in [-0.3, -0.25) is 0 Å². The van der Waals surface area contributed by atoms with Gasteiger partial charge in [0.2, 0.25) is 0 Å². The summed E-state index contributed by atoms with van der Waals surface area (Å²) in [6.07, 6.45) is 0. The summed E-state index contributed by atoms with van der Waals surface area (Å²) >= 11 is 0. The van der Waals surface area contributed by atoms with Crippen molar-refractivity contribution in [3.05, 3.63) is 29.8 Å². The molecule has 0 saturated carbocycles. The summed E-state index contributed by atoms with van der Waals surface area (Å²) in [5, 5.41) is 0. The fraction of sp³-hybridized carbons (Fsp3) is 0.533. The lowest BCUT2D eigenvalue weighted by atomic mass is 10.2. The molecule has 5 heteroatoms. The molecule has 0 unspecified atom stereocenters. The molecule has 1 rings (SSSR count). The second-order valence-corrected chi connectivity index (χ2v) is 6.67. The highest BCUT2D eigenvalue weighted by Crippen LogP contribution is 2.16. The minimum Gasteiger partial charge on any atom is -0.360 e. The number of rotatable bonds is 5. The summed E-state index contributed by atoms with van der Waals surface area (Å²) in [7, 11) is -3.64. The molecule has 0 amide bonds. The van der Waals surface area contributed by atoms with Crippen LogP contribution in [0, 0.1) is 12.8 Å². The molecule has 0 saturated heterocycles. The van der Waals surface area contributed by atoms with Gasteiger partial charge in [0.05, 0.1) is 4.90 Å². The third-order valence-electron chi connectivity index (χ3n) is 3.14. The van der Waals surface area contributed by atoms with Crippen molar-refractivity contribution in [1.29, 1.82) is 0 Å². The molecule has 0 N–H and O–H groups in total. The lowest BCUT2D eigenvalue weighted by molar-refractivity contribution is 0.442. The highest BCUT2D eigenvalue weighted by molar-refractivity contribution is 7.90. The van der Waals surface area contributed by atoms with Crippen molar-refractivity contribution in [2.45, 2.75) is 39.5 Å². The third-order valence-corrected chi connectivity index (χ3v) is 4.43. The first-order valence-electron chi connectivity index (χ1n) is 6.98. The molecule has 0 aromatic heterocycles. The van der Waals surface area contributed by atoms with Crippen LogP contribution in [0.3, 0.4) is 0 Å². The molecular formula is C15H24N2O2S. The molecule has 0 aliphatic rings. The first kappa shape index (κ1) is 16.7. The number of aryl methyl sites for hydroxylation is 1. The number of hydrogen-bond acceptors (Lipinski definition) is 2. The van der Waals surface area contributed by atoms with Gasteiger partial charge in [-0.25, -0.2) is 0 Å². The monoisotopic (exact) mass is 296 g/mol. The molecular weight excluding hydrogens is 272 g/mol. The summed E-state index contributed by atoms with van der Waals surface area (Å²) in [4.78, 5) is 2.23. The first-order valence-corrected chi connectivity index (χ1v) is 8.42. The van der Waals surface area contributed by atoms with Crippen LogP contribution in [0.2, 0.25) is 0 Å². The largest absolute Gasteiger partial charge is 0.360 e. The van der Waals surface area contributed by atoms with Crippen LogP contribution in [0.15, 0.2) is 33.6 Å². The quantitative estimate of drug-likeness (QED) is 0.620. The van der Waals surface area contributed by atoms with E-state index in [1.54, 1.807) is 24.3 Å². The van der Waals surface area contributed by atoms with E-state index in [0.717, 1.165) is 18.7 Å². The second kappa shape index (κ2) is 6.88. The maximum absolute atomic E-state index is 12.4. The first-order chi connectivity index (χ1) is 9.31. The van der Waals surface area contributed by atoms with E-state index in [4.69, 9.17) is 0 Å². The van der Waals surface area contributed by atoms with Gasteiger partial charge >= 0.3 is 0 Å². The fourth-order valence-electron chi connectivity index (χ4n) is 1.96. The van der Waals surface area contributed by atoms with Crippen LogP contribution in [-0.2, 0) is 10.0 Å². The van der Waals surface area contributed by atoms with Crippen LogP contribution in [0.1, 0.15) is 33.3 Å². The zero-order valence-corrected chi connectivity index (χ0v) is 13.7. The van der Waals surface area contributed by atoms with E-state index >= 15 is 0 Å². The molecule has 0 aliphatic heterocycles. The van der Waals surface area contributed by atoms with Crippen molar-refractivity contribution in [3.63, 3.8) is 0 Å². The maximum atomic E-state index is 12.4. The Bertz CT molecular complexity index is 556. The number of benzene rings is 1. The molecule has 1 aromatic rings. The molecule has 0 heterocycles. The minimum absolute atomic E-state index is 0.0649. The maximum Gasteiger partial charge on any atom is 0.283 e. The minimum atomic E-state index is -3.64. The highest BCUT2D eigenvalue weighted by atomic mass is 32.2. The normalized spacial score (nSPS) is 12.8. The smallest absolute Gasteiger partial charge is 0.283 e. The molecule has 1 aromatic carbocycles. The number of sulfonamides is 1. The predicted octanol–water partition coefficient (Wildman–Crippen LogP) is 3.08. The van der Waals surface area contributed by atoms with Crippen molar-refractivity contribution >= 4 is 15.9 Å². The van der Waals surface area contributed by atoms with Gasteiger partial charge in [-0.1, -0.05) is 31.5 Å². The zero-order chi connectivity index (χ0) is 15.3. The van der Waals surface area contributed by atoms with Gasteiger partial charge in [-0.05, 0) is 32.9 Å². The average molecular weight is 296 g/mol. The van der Waals surface area contributed by atoms with E-state index in [2.05, 4.69) is 4.40 Å². The van der Waals surface area contributed by atoms with Gasteiger partial charge in [-0.2, -0.15) is 8.42 Å². The second-order valence-electron chi connectivity index (χ2n) is 5.06. The molecule has 4 nitrogen and oxygen atoms in total. The van der Waals surface area contributed by atoms with Crippen molar-refractivity contribution in [2.24, 2.45) is 10.3 Å². The highest BCUT2D eigenvalue weighted by Gasteiger charge is 2.19. The Morgan fingerprint density at radius 2 is 1.65 bits per heavy atom. The summed E-state index contributed by atoms with van der Waals surface area (Å²) in [6.45, 7) is 11.3. The Morgan fingerprint density at radius 3 is 2.05 bits per heavy atom. The van der Waals surface area contributed by atoms with E-state index in [1.807, 2.05) is 39.5 Å². The van der Waals surface area contributed by atoms with Crippen LogP contribution in [-0.4, -0.2) is 32.2 Å². The summed E-state index contributed by atoms with van der Waals surface area (Å²) in [5.74, 6) is 0.686. The van der Waals surface area contributed by atoms with E-state index < -0.39 is 10.0 Å². The molecule has 20 heavy (non-hydrogen) atoms. The van der Waals surface area contributed by atoms with Gasteiger partial charge in [0, 0.05) is 19.0 Å². The van der Waals surface area contributed by atoms with Gasteiger partial charge in [0.1, 0.15) is 5.84 Å². The Hall–Kier alpha value is -1.36. The lowest BCUT2D eigenvalue weighted by Crippen LogP contribution is -2.34. The molecule has 0 fully saturated rings. The number of nitrogens with zero attached hydrogens (tertiary/aromatic N) is 2. The Morgan fingerprint density at radius 1 is 1.15 bits per heavy atom. The van der Waals surface area contributed by atoms with Crippen LogP contribution in [0.25, 0.3) is 0 Å². The SMILES string of the molecule is CCN(CC)/C(=N\S(=O)(=O)c1ccc(C)cc1)C(C)C. The van der Waals surface area contributed by atoms with Crippen LogP contribution in [0.5, 0.6) is 0 Å². The molecule has 0 bridgehead atoms. The van der Waals surface area contributed by atoms with E-state index in [-0.39, 0.29) is 10.8 Å². The van der Waals surface area contributed by atoms with E-state index in [0.29, 0.717) is 5.84 Å². The summed E-state index contributed by atoms with van der Waals surface area (Å²) in [6, 6.07) is 6.78. The van der Waals surface area contributed by atoms with Crippen LogP contribution >= 0.6 is 0 Å². The molecule has 0 atom stereocenters. The van der Waals surface area contributed by atoms with Crippen molar-refractivity contribution < 1.29 is 8.42 Å². The summed E-state index contributed by atoms with van der Waals surface area (Å²) < 4.78 is 28.8. The zero-order valence-electron chi connectivity index (χ0n) is 12.9. The summed E-state index contributed by atoms with van der Waals surface area (Å²) in [5.41, 5.74) is 1.03. The Balaban J connectivity index is 3.24. The Kier molecular flexibility index (Phi) is 5.74. The molecule has 0 aliphatic carbocycles. The average Bonchev–Trinajstić information content (AvgIpc) is 2.39.